The van der Waals surface area contributed by atoms with E-state index in [9.17, 15) is 4.79 Å². The summed E-state index contributed by atoms with van der Waals surface area (Å²) < 4.78 is 6.96. The number of aromatic nitrogens is 4. The number of piperidine rings is 1. The summed E-state index contributed by atoms with van der Waals surface area (Å²) in [5.41, 5.74) is 1.77. The second-order valence-corrected chi connectivity index (χ2v) is 6.69. The number of furan rings is 1. The number of likely N-dealkylation sites (tertiary alicyclic amines) is 1. The summed E-state index contributed by atoms with van der Waals surface area (Å²) in [6.45, 7) is 1.50. The summed E-state index contributed by atoms with van der Waals surface area (Å²) in [6.07, 6.45) is 9.04. The lowest BCUT2D eigenvalue weighted by molar-refractivity contribution is -0.131. The second kappa shape index (κ2) is 6.56. The first-order chi connectivity index (χ1) is 11.8. The molecular formula is C16H17N5O2S. The van der Waals surface area contributed by atoms with Crippen molar-refractivity contribution < 1.29 is 9.21 Å². The van der Waals surface area contributed by atoms with Gasteiger partial charge in [-0.2, -0.15) is 0 Å². The molecule has 1 aliphatic rings. The molecule has 4 rings (SSSR count). The Morgan fingerprint density at radius 3 is 2.96 bits per heavy atom. The Morgan fingerprint density at radius 1 is 1.38 bits per heavy atom. The first-order valence-electron chi connectivity index (χ1n) is 7.90. The largest absolute Gasteiger partial charge is 0.472 e. The molecule has 0 unspecified atom stereocenters. The summed E-state index contributed by atoms with van der Waals surface area (Å²) in [5.74, 6) is 0.135. The third-order valence-corrected chi connectivity index (χ3v) is 5.22. The molecule has 1 saturated heterocycles. The number of rotatable bonds is 4. The minimum Gasteiger partial charge on any atom is -0.472 e. The van der Waals surface area contributed by atoms with Crippen LogP contribution in [0.4, 0.5) is 0 Å². The van der Waals surface area contributed by atoms with E-state index in [4.69, 9.17) is 4.42 Å². The maximum absolute atomic E-state index is 12.5. The minimum absolute atomic E-state index is 0.135. The number of thiazole rings is 1. The van der Waals surface area contributed by atoms with Crippen LogP contribution in [-0.2, 0) is 11.2 Å². The molecule has 8 heteroatoms. The third kappa shape index (κ3) is 3.09. The first-order valence-corrected chi connectivity index (χ1v) is 8.78. The fourth-order valence-electron chi connectivity index (χ4n) is 2.97. The van der Waals surface area contributed by atoms with Crippen molar-refractivity contribution in [3.63, 3.8) is 0 Å². The maximum Gasteiger partial charge on any atom is 0.228 e. The lowest BCUT2D eigenvalue weighted by atomic mass is 10.0. The van der Waals surface area contributed by atoms with E-state index in [1.165, 1.54) is 11.3 Å². The minimum atomic E-state index is 0.135. The summed E-state index contributed by atoms with van der Waals surface area (Å²) in [7, 11) is 0. The van der Waals surface area contributed by atoms with Gasteiger partial charge in [0.2, 0.25) is 5.91 Å². The number of hydrogen-bond donors (Lipinski definition) is 0. The van der Waals surface area contributed by atoms with Crippen LogP contribution in [0.15, 0.2) is 40.8 Å². The van der Waals surface area contributed by atoms with Gasteiger partial charge in [-0.05, 0) is 18.9 Å². The zero-order chi connectivity index (χ0) is 16.4. The quantitative estimate of drug-likeness (QED) is 0.727. The summed E-state index contributed by atoms with van der Waals surface area (Å²) in [6, 6.07) is 2.21. The van der Waals surface area contributed by atoms with Crippen LogP contribution < -0.4 is 0 Å². The number of nitrogens with zero attached hydrogens (tertiary/aromatic N) is 5. The fraction of sp³-hybridized carbons (Fsp3) is 0.375. The van der Waals surface area contributed by atoms with Crippen molar-refractivity contribution >= 4 is 17.2 Å². The molecule has 1 amide bonds. The van der Waals surface area contributed by atoms with Gasteiger partial charge in [-0.3, -0.25) is 4.79 Å². The Hall–Kier alpha value is -2.48. The van der Waals surface area contributed by atoms with Crippen molar-refractivity contribution in [2.45, 2.75) is 25.3 Å². The molecule has 0 spiro atoms. The Kier molecular flexibility index (Phi) is 4.12. The van der Waals surface area contributed by atoms with Gasteiger partial charge >= 0.3 is 0 Å². The summed E-state index contributed by atoms with van der Waals surface area (Å²) in [4.78, 5) is 18.9. The predicted molar refractivity (Wildman–Crippen MR) is 88.4 cm³/mol. The van der Waals surface area contributed by atoms with E-state index in [-0.39, 0.29) is 5.91 Å². The Morgan fingerprint density at radius 2 is 2.25 bits per heavy atom. The van der Waals surface area contributed by atoms with Crippen LogP contribution in [-0.4, -0.2) is 43.9 Å². The SMILES string of the molecule is O=C(Cc1csc(-c2ccoc2)n1)N1CCC(n2ccnn2)CC1. The molecule has 0 aliphatic carbocycles. The zero-order valence-electron chi connectivity index (χ0n) is 13.0. The van der Waals surface area contributed by atoms with E-state index in [1.54, 1.807) is 18.7 Å². The highest BCUT2D eigenvalue weighted by Crippen LogP contribution is 2.25. The zero-order valence-corrected chi connectivity index (χ0v) is 13.9. The lowest BCUT2D eigenvalue weighted by Crippen LogP contribution is -2.40. The van der Waals surface area contributed by atoms with E-state index < -0.39 is 0 Å². The van der Waals surface area contributed by atoms with Crippen LogP contribution in [0.5, 0.6) is 0 Å². The molecule has 0 saturated carbocycles. The lowest BCUT2D eigenvalue weighted by Gasteiger charge is -2.31. The number of hydrogen-bond acceptors (Lipinski definition) is 6. The standard InChI is InChI=1S/C16H17N5O2S/c22-15(9-13-11-24-16(18-13)12-3-8-23-10-12)20-5-1-14(2-6-20)21-7-4-17-19-21/h3-4,7-8,10-11,14H,1-2,5-6,9H2. The second-order valence-electron chi connectivity index (χ2n) is 5.83. The number of carbonyl (C=O) groups is 1. The van der Waals surface area contributed by atoms with Crippen LogP contribution >= 0.6 is 11.3 Å². The Balaban J connectivity index is 1.34. The van der Waals surface area contributed by atoms with Gasteiger partial charge in [0.1, 0.15) is 11.3 Å². The van der Waals surface area contributed by atoms with Gasteiger partial charge in [0, 0.05) is 30.2 Å². The highest BCUT2D eigenvalue weighted by Gasteiger charge is 2.24. The average molecular weight is 343 g/mol. The molecule has 4 heterocycles. The summed E-state index contributed by atoms with van der Waals surface area (Å²) >= 11 is 1.53. The maximum atomic E-state index is 12.5. The van der Waals surface area contributed by atoms with Gasteiger partial charge in [0.05, 0.1) is 30.6 Å². The molecule has 0 bridgehead atoms. The molecule has 3 aromatic heterocycles. The molecule has 0 atom stereocenters. The molecular weight excluding hydrogens is 326 g/mol. The Labute approximate surface area is 142 Å². The van der Waals surface area contributed by atoms with Gasteiger partial charge in [-0.25, -0.2) is 9.67 Å². The van der Waals surface area contributed by atoms with Crippen molar-refractivity contribution in [1.29, 1.82) is 0 Å². The monoisotopic (exact) mass is 343 g/mol. The van der Waals surface area contributed by atoms with Crippen LogP contribution in [0.3, 0.4) is 0 Å². The van der Waals surface area contributed by atoms with E-state index in [1.807, 2.05) is 27.2 Å². The van der Waals surface area contributed by atoms with E-state index >= 15 is 0 Å². The molecule has 0 aromatic carbocycles. The fourth-order valence-corrected chi connectivity index (χ4v) is 3.77. The third-order valence-electron chi connectivity index (χ3n) is 4.28. The van der Waals surface area contributed by atoms with Crippen LogP contribution in [0.1, 0.15) is 24.6 Å². The van der Waals surface area contributed by atoms with E-state index in [0.717, 1.165) is 42.2 Å². The predicted octanol–water partition coefficient (Wildman–Crippen LogP) is 2.40. The summed E-state index contributed by atoms with van der Waals surface area (Å²) in [5, 5.41) is 10.7. The van der Waals surface area contributed by atoms with Crippen molar-refractivity contribution in [1.82, 2.24) is 24.9 Å². The van der Waals surface area contributed by atoms with Gasteiger partial charge in [-0.1, -0.05) is 5.21 Å². The molecule has 124 valence electrons. The molecule has 7 nitrogen and oxygen atoms in total. The topological polar surface area (TPSA) is 77.0 Å². The van der Waals surface area contributed by atoms with Crippen molar-refractivity contribution in [3.05, 3.63) is 42.1 Å². The van der Waals surface area contributed by atoms with Gasteiger partial charge in [0.15, 0.2) is 0 Å². The molecule has 1 fully saturated rings. The highest BCUT2D eigenvalue weighted by atomic mass is 32.1. The number of amides is 1. The molecule has 0 N–H and O–H groups in total. The van der Waals surface area contributed by atoms with Crippen LogP contribution in [0.25, 0.3) is 10.6 Å². The van der Waals surface area contributed by atoms with Gasteiger partial charge < -0.3 is 9.32 Å². The number of carbonyl (C=O) groups excluding carboxylic acids is 1. The van der Waals surface area contributed by atoms with Crippen molar-refractivity contribution in [2.24, 2.45) is 0 Å². The molecule has 0 radical (unpaired) electrons. The van der Waals surface area contributed by atoms with Crippen LogP contribution in [0.2, 0.25) is 0 Å². The van der Waals surface area contributed by atoms with Crippen molar-refractivity contribution in [2.75, 3.05) is 13.1 Å². The first kappa shape index (κ1) is 15.1. The van der Waals surface area contributed by atoms with Gasteiger partial charge in [-0.15, -0.1) is 16.4 Å². The van der Waals surface area contributed by atoms with E-state index in [2.05, 4.69) is 15.3 Å². The van der Waals surface area contributed by atoms with Gasteiger partial charge in [0.25, 0.3) is 0 Å². The molecule has 1 aliphatic heterocycles. The Bertz CT molecular complexity index is 788. The normalized spacial score (nSPS) is 15.8. The highest BCUT2D eigenvalue weighted by molar-refractivity contribution is 7.13. The molecule has 24 heavy (non-hydrogen) atoms. The van der Waals surface area contributed by atoms with Crippen LogP contribution in [0, 0.1) is 0 Å². The average Bonchev–Trinajstić information content (AvgIpc) is 3.36. The van der Waals surface area contributed by atoms with Crippen molar-refractivity contribution in [3.8, 4) is 10.6 Å². The molecule has 3 aromatic rings. The van der Waals surface area contributed by atoms with E-state index in [0.29, 0.717) is 12.5 Å². The smallest absolute Gasteiger partial charge is 0.228 e.